The largest absolute Gasteiger partial charge is 0.344 e. The second-order valence-corrected chi connectivity index (χ2v) is 5.03. The molecule has 0 saturated carbocycles. The van der Waals surface area contributed by atoms with Crippen LogP contribution in [0.25, 0.3) is 0 Å². The number of hydrogen-bond acceptors (Lipinski definition) is 3. The first kappa shape index (κ1) is 14.1. The molecule has 1 aromatic rings. The van der Waals surface area contributed by atoms with Crippen LogP contribution in [-0.4, -0.2) is 42.4 Å². The highest BCUT2D eigenvalue weighted by atomic mass is 32.2. The molecule has 0 radical (unpaired) electrons. The number of carbonyl (C=O) groups excluding carboxylic acids is 1. The molecule has 1 atom stereocenters. The highest BCUT2D eigenvalue weighted by molar-refractivity contribution is 7.98. The Hall–Kier alpha value is -1.00. The van der Waals surface area contributed by atoms with E-state index in [2.05, 4.69) is 0 Å². The predicted octanol–water partition coefficient (Wildman–Crippen LogP) is 1.38. The molecule has 1 amide bonds. The number of benzene rings is 1. The van der Waals surface area contributed by atoms with Crippen molar-refractivity contribution in [3.8, 4) is 0 Å². The summed E-state index contributed by atoms with van der Waals surface area (Å²) in [4.78, 5) is 13.7. The maximum atomic E-state index is 11.9. The van der Waals surface area contributed by atoms with Crippen molar-refractivity contribution in [3.63, 3.8) is 0 Å². The average Bonchev–Trinajstić information content (AvgIpc) is 2.36. The first-order valence-electron chi connectivity index (χ1n) is 5.68. The summed E-state index contributed by atoms with van der Waals surface area (Å²) >= 11 is 1.73. The number of thioether (sulfide) groups is 1. The minimum Gasteiger partial charge on any atom is -0.344 e. The van der Waals surface area contributed by atoms with E-state index in [-0.39, 0.29) is 5.91 Å². The van der Waals surface area contributed by atoms with Crippen LogP contribution in [0.4, 0.5) is 0 Å². The lowest BCUT2D eigenvalue weighted by molar-refractivity contribution is -0.131. The summed E-state index contributed by atoms with van der Waals surface area (Å²) in [6, 6.07) is 9.43. The van der Waals surface area contributed by atoms with Crippen molar-refractivity contribution in [1.29, 1.82) is 0 Å². The van der Waals surface area contributed by atoms with Crippen LogP contribution in [0.2, 0.25) is 0 Å². The fourth-order valence-corrected chi connectivity index (χ4v) is 2.03. The first-order chi connectivity index (χ1) is 8.15. The quantitative estimate of drug-likeness (QED) is 0.832. The molecule has 17 heavy (non-hydrogen) atoms. The molecule has 3 nitrogen and oxygen atoms in total. The highest BCUT2D eigenvalue weighted by Gasteiger charge is 2.17. The fraction of sp³-hybridized carbons (Fsp3) is 0.462. The SMILES string of the molecule is CSCCN(C)C(=O)[C@H](N)Cc1ccccc1. The minimum atomic E-state index is -0.441. The van der Waals surface area contributed by atoms with Crippen LogP contribution in [0.3, 0.4) is 0 Å². The van der Waals surface area contributed by atoms with E-state index < -0.39 is 6.04 Å². The Morgan fingerprint density at radius 3 is 2.65 bits per heavy atom. The molecule has 0 saturated heterocycles. The predicted molar refractivity (Wildman–Crippen MR) is 74.1 cm³/mol. The second kappa shape index (κ2) is 7.35. The van der Waals surface area contributed by atoms with Gasteiger partial charge in [0.25, 0.3) is 0 Å². The van der Waals surface area contributed by atoms with Crippen LogP contribution in [0.5, 0.6) is 0 Å². The van der Waals surface area contributed by atoms with E-state index in [1.807, 2.05) is 43.6 Å². The smallest absolute Gasteiger partial charge is 0.239 e. The maximum Gasteiger partial charge on any atom is 0.239 e. The van der Waals surface area contributed by atoms with Gasteiger partial charge in [0.15, 0.2) is 0 Å². The molecule has 4 heteroatoms. The summed E-state index contributed by atoms with van der Waals surface area (Å²) in [7, 11) is 1.81. The van der Waals surface area contributed by atoms with E-state index in [4.69, 9.17) is 5.73 Å². The Labute approximate surface area is 107 Å². The molecule has 0 aromatic heterocycles. The molecule has 0 aliphatic carbocycles. The highest BCUT2D eigenvalue weighted by Crippen LogP contribution is 2.04. The topological polar surface area (TPSA) is 46.3 Å². The number of likely N-dealkylation sites (N-methyl/N-ethyl adjacent to an activating group) is 1. The van der Waals surface area contributed by atoms with Gasteiger partial charge in [0.05, 0.1) is 6.04 Å². The summed E-state index contributed by atoms with van der Waals surface area (Å²) in [5.74, 6) is 0.961. The Balaban J connectivity index is 2.47. The number of rotatable bonds is 6. The van der Waals surface area contributed by atoms with Gasteiger partial charge in [-0.05, 0) is 18.2 Å². The number of hydrogen-bond donors (Lipinski definition) is 1. The Morgan fingerprint density at radius 2 is 2.06 bits per heavy atom. The van der Waals surface area contributed by atoms with Crippen LogP contribution < -0.4 is 5.73 Å². The lowest BCUT2D eigenvalue weighted by atomic mass is 10.1. The van der Waals surface area contributed by atoms with Crippen molar-refractivity contribution in [2.75, 3.05) is 25.6 Å². The summed E-state index contributed by atoms with van der Waals surface area (Å²) in [6.45, 7) is 0.752. The zero-order chi connectivity index (χ0) is 12.7. The molecule has 0 spiro atoms. The Morgan fingerprint density at radius 1 is 1.41 bits per heavy atom. The van der Waals surface area contributed by atoms with Gasteiger partial charge in [0.1, 0.15) is 0 Å². The zero-order valence-electron chi connectivity index (χ0n) is 10.4. The van der Waals surface area contributed by atoms with E-state index in [9.17, 15) is 4.79 Å². The van der Waals surface area contributed by atoms with Crippen LogP contribution in [-0.2, 0) is 11.2 Å². The molecular formula is C13H20N2OS. The minimum absolute atomic E-state index is 0.0166. The standard InChI is InChI=1S/C13H20N2OS/c1-15(8-9-17-2)13(16)12(14)10-11-6-4-3-5-7-11/h3-7,12H,8-10,14H2,1-2H3/t12-/m1/s1. The van der Waals surface area contributed by atoms with E-state index >= 15 is 0 Å². The van der Waals surface area contributed by atoms with Gasteiger partial charge in [0, 0.05) is 19.3 Å². The van der Waals surface area contributed by atoms with Crippen LogP contribution in [0, 0.1) is 0 Å². The third-order valence-electron chi connectivity index (χ3n) is 2.62. The van der Waals surface area contributed by atoms with E-state index in [0.29, 0.717) is 6.42 Å². The van der Waals surface area contributed by atoms with Crippen molar-refractivity contribution in [3.05, 3.63) is 35.9 Å². The number of nitrogens with zero attached hydrogens (tertiary/aromatic N) is 1. The molecular weight excluding hydrogens is 232 g/mol. The van der Waals surface area contributed by atoms with Gasteiger partial charge in [-0.25, -0.2) is 0 Å². The van der Waals surface area contributed by atoms with Crippen molar-refractivity contribution in [1.82, 2.24) is 4.90 Å². The molecule has 0 fully saturated rings. The van der Waals surface area contributed by atoms with E-state index in [1.165, 1.54) is 0 Å². The van der Waals surface area contributed by atoms with Crippen molar-refractivity contribution < 1.29 is 4.79 Å². The molecule has 0 aliphatic heterocycles. The lowest BCUT2D eigenvalue weighted by Crippen LogP contribution is -2.43. The monoisotopic (exact) mass is 252 g/mol. The Kier molecular flexibility index (Phi) is 6.08. The van der Waals surface area contributed by atoms with Crippen molar-refractivity contribution in [2.24, 2.45) is 5.73 Å². The van der Waals surface area contributed by atoms with E-state index in [1.54, 1.807) is 16.7 Å². The van der Waals surface area contributed by atoms with Gasteiger partial charge in [-0.1, -0.05) is 30.3 Å². The van der Waals surface area contributed by atoms with Gasteiger partial charge in [-0.2, -0.15) is 11.8 Å². The first-order valence-corrected chi connectivity index (χ1v) is 7.08. The van der Waals surface area contributed by atoms with Gasteiger partial charge in [-0.15, -0.1) is 0 Å². The number of amides is 1. The van der Waals surface area contributed by atoms with Gasteiger partial charge < -0.3 is 10.6 Å². The average molecular weight is 252 g/mol. The van der Waals surface area contributed by atoms with Crippen LogP contribution >= 0.6 is 11.8 Å². The normalized spacial score (nSPS) is 12.2. The summed E-state index contributed by atoms with van der Waals surface area (Å²) < 4.78 is 0. The Bertz CT molecular complexity index is 343. The van der Waals surface area contributed by atoms with Crippen molar-refractivity contribution >= 4 is 17.7 Å². The van der Waals surface area contributed by atoms with Crippen LogP contribution in [0.1, 0.15) is 5.56 Å². The summed E-state index contributed by atoms with van der Waals surface area (Å²) in [5.41, 5.74) is 7.03. The van der Waals surface area contributed by atoms with Gasteiger partial charge in [-0.3, -0.25) is 4.79 Å². The zero-order valence-corrected chi connectivity index (χ0v) is 11.2. The molecule has 1 aromatic carbocycles. The molecule has 94 valence electrons. The van der Waals surface area contributed by atoms with Crippen molar-refractivity contribution in [2.45, 2.75) is 12.5 Å². The molecule has 0 unspecified atom stereocenters. The van der Waals surface area contributed by atoms with Crippen LogP contribution in [0.15, 0.2) is 30.3 Å². The second-order valence-electron chi connectivity index (χ2n) is 4.05. The third-order valence-corrected chi connectivity index (χ3v) is 3.21. The number of nitrogens with two attached hydrogens (primary N) is 1. The third kappa shape index (κ3) is 4.79. The summed E-state index contributed by atoms with van der Waals surface area (Å²) in [6.07, 6.45) is 2.63. The maximum absolute atomic E-state index is 11.9. The number of carbonyl (C=O) groups is 1. The molecule has 1 rings (SSSR count). The van der Waals surface area contributed by atoms with E-state index in [0.717, 1.165) is 17.9 Å². The molecule has 0 aliphatic rings. The molecule has 0 heterocycles. The molecule has 2 N–H and O–H groups in total. The molecule has 0 bridgehead atoms. The lowest BCUT2D eigenvalue weighted by Gasteiger charge is -2.21. The van der Waals surface area contributed by atoms with Gasteiger partial charge in [0.2, 0.25) is 5.91 Å². The summed E-state index contributed by atoms with van der Waals surface area (Å²) in [5, 5.41) is 0. The fourth-order valence-electron chi connectivity index (χ4n) is 1.58. The van der Waals surface area contributed by atoms with Gasteiger partial charge >= 0.3 is 0 Å².